The van der Waals surface area contributed by atoms with Crippen LogP contribution < -0.4 is 5.56 Å². The van der Waals surface area contributed by atoms with Gasteiger partial charge in [-0.1, -0.05) is 27.7 Å². The normalized spacial score (nSPS) is 11.2. The smallest absolute Gasteiger partial charge is 0.262 e. The van der Waals surface area contributed by atoms with Gasteiger partial charge in [0, 0.05) is 16.0 Å². The van der Waals surface area contributed by atoms with Crippen LogP contribution in [0.2, 0.25) is 0 Å². The van der Waals surface area contributed by atoms with Crippen molar-refractivity contribution in [1.82, 2.24) is 9.55 Å². The minimum absolute atomic E-state index is 0.0423. The van der Waals surface area contributed by atoms with Gasteiger partial charge in [0.05, 0.1) is 23.7 Å². The third kappa shape index (κ3) is 3.84. The quantitative estimate of drug-likeness (QED) is 0.345. The molecule has 0 unspecified atom stereocenters. The van der Waals surface area contributed by atoms with Crippen LogP contribution in [0.3, 0.4) is 0 Å². The van der Waals surface area contributed by atoms with E-state index in [0.717, 1.165) is 32.4 Å². The Hall–Kier alpha value is -1.18. The molecule has 0 atom stereocenters. The van der Waals surface area contributed by atoms with Crippen molar-refractivity contribution in [2.75, 3.05) is 17.8 Å². The first-order valence-corrected chi connectivity index (χ1v) is 10.2. The second kappa shape index (κ2) is 7.59. The fraction of sp³-hybridized carbons (Fsp3) is 0.250. The zero-order chi connectivity index (χ0) is 16.2. The van der Waals surface area contributed by atoms with Crippen molar-refractivity contribution in [3.63, 3.8) is 0 Å². The van der Waals surface area contributed by atoms with Crippen molar-refractivity contribution in [2.45, 2.75) is 11.7 Å². The Morgan fingerprint density at radius 3 is 2.91 bits per heavy atom. The molecule has 0 aliphatic heterocycles. The van der Waals surface area contributed by atoms with Gasteiger partial charge in [-0.3, -0.25) is 9.36 Å². The van der Waals surface area contributed by atoms with Crippen LogP contribution in [0.4, 0.5) is 0 Å². The lowest BCUT2D eigenvalue weighted by Gasteiger charge is -2.12. The second-order valence-electron chi connectivity index (χ2n) is 4.87. The zero-order valence-corrected chi connectivity index (χ0v) is 15.7. The number of halogens is 1. The summed E-state index contributed by atoms with van der Waals surface area (Å²) in [6.45, 7) is 0.392. The summed E-state index contributed by atoms with van der Waals surface area (Å²) in [5, 5.41) is 1.34. The van der Waals surface area contributed by atoms with Gasteiger partial charge in [0.1, 0.15) is 5.76 Å². The number of benzene rings is 1. The highest BCUT2D eigenvalue weighted by Gasteiger charge is 2.13. The van der Waals surface area contributed by atoms with Gasteiger partial charge in [-0.2, -0.15) is 11.8 Å². The molecule has 0 bridgehead atoms. The first-order chi connectivity index (χ1) is 11.2. The van der Waals surface area contributed by atoms with E-state index in [2.05, 4.69) is 27.2 Å². The Morgan fingerprint density at radius 2 is 2.17 bits per heavy atom. The Bertz CT molecular complexity index is 862. The molecule has 0 N–H and O–H groups in total. The maximum Gasteiger partial charge on any atom is 0.262 e. The average Bonchev–Trinajstić information content (AvgIpc) is 3.05. The first-order valence-electron chi connectivity index (χ1n) is 7.03. The van der Waals surface area contributed by atoms with Crippen molar-refractivity contribution in [1.29, 1.82) is 0 Å². The SMILES string of the molecule is CSCCSc1nc2ccc(Br)cc2c(=O)n1Cc1ccco1. The summed E-state index contributed by atoms with van der Waals surface area (Å²) in [6.07, 6.45) is 3.69. The standard InChI is InChI=1S/C16H15BrN2O2S2/c1-22-7-8-23-16-18-14-5-4-11(17)9-13(14)15(20)19(16)10-12-3-2-6-21-12/h2-6,9H,7-8,10H2,1H3. The molecule has 1 aromatic carbocycles. The van der Waals surface area contributed by atoms with Gasteiger partial charge in [0.2, 0.25) is 0 Å². The largest absolute Gasteiger partial charge is 0.467 e. The van der Waals surface area contributed by atoms with Crippen LogP contribution in [0, 0.1) is 0 Å². The van der Waals surface area contributed by atoms with Crippen molar-refractivity contribution in [3.8, 4) is 0 Å². The van der Waals surface area contributed by atoms with E-state index in [0.29, 0.717) is 11.9 Å². The number of nitrogens with zero attached hydrogens (tertiary/aromatic N) is 2. The maximum absolute atomic E-state index is 12.9. The number of furan rings is 1. The molecule has 3 rings (SSSR count). The van der Waals surface area contributed by atoms with E-state index in [-0.39, 0.29) is 5.56 Å². The molecule has 23 heavy (non-hydrogen) atoms. The van der Waals surface area contributed by atoms with Crippen LogP contribution in [0.5, 0.6) is 0 Å². The van der Waals surface area contributed by atoms with Crippen LogP contribution in [-0.4, -0.2) is 27.3 Å². The molecule has 3 aromatic rings. The number of rotatable bonds is 6. The molecular weight excluding hydrogens is 396 g/mol. The molecule has 0 aliphatic carbocycles. The maximum atomic E-state index is 12.9. The highest BCUT2D eigenvalue weighted by atomic mass is 79.9. The second-order valence-corrected chi connectivity index (χ2v) is 7.83. The minimum Gasteiger partial charge on any atom is -0.467 e. The summed E-state index contributed by atoms with van der Waals surface area (Å²) >= 11 is 6.80. The lowest BCUT2D eigenvalue weighted by atomic mass is 10.2. The molecule has 120 valence electrons. The van der Waals surface area contributed by atoms with Crippen LogP contribution in [0.1, 0.15) is 5.76 Å². The molecule has 0 radical (unpaired) electrons. The highest BCUT2D eigenvalue weighted by Crippen LogP contribution is 2.22. The van der Waals surface area contributed by atoms with E-state index in [4.69, 9.17) is 4.42 Å². The Kier molecular flexibility index (Phi) is 5.50. The lowest BCUT2D eigenvalue weighted by molar-refractivity contribution is 0.476. The van der Waals surface area contributed by atoms with Gasteiger partial charge in [0.25, 0.3) is 5.56 Å². The molecule has 2 heterocycles. The zero-order valence-electron chi connectivity index (χ0n) is 12.5. The van der Waals surface area contributed by atoms with Gasteiger partial charge in [-0.25, -0.2) is 4.98 Å². The van der Waals surface area contributed by atoms with E-state index in [1.165, 1.54) is 0 Å². The van der Waals surface area contributed by atoms with Gasteiger partial charge >= 0.3 is 0 Å². The topological polar surface area (TPSA) is 48.0 Å². The van der Waals surface area contributed by atoms with E-state index >= 15 is 0 Å². The fourth-order valence-corrected chi connectivity index (χ4v) is 4.21. The molecule has 0 aliphatic rings. The number of fused-ring (bicyclic) bond motifs is 1. The van der Waals surface area contributed by atoms with Gasteiger partial charge < -0.3 is 4.42 Å². The lowest BCUT2D eigenvalue weighted by Crippen LogP contribution is -2.24. The average molecular weight is 411 g/mol. The predicted molar refractivity (Wildman–Crippen MR) is 101 cm³/mol. The predicted octanol–water partition coefficient (Wildman–Crippen LogP) is 4.26. The monoisotopic (exact) mass is 410 g/mol. The summed E-state index contributed by atoms with van der Waals surface area (Å²) in [5.74, 6) is 2.67. The third-order valence-corrected chi connectivity index (χ3v) is 5.64. The molecule has 0 saturated heterocycles. The molecule has 4 nitrogen and oxygen atoms in total. The van der Waals surface area contributed by atoms with E-state index < -0.39 is 0 Å². The van der Waals surface area contributed by atoms with E-state index in [1.807, 2.05) is 30.3 Å². The Morgan fingerprint density at radius 1 is 1.30 bits per heavy atom. The molecule has 0 saturated carbocycles. The number of aromatic nitrogens is 2. The van der Waals surface area contributed by atoms with Gasteiger partial charge in [-0.15, -0.1) is 0 Å². The minimum atomic E-state index is -0.0423. The number of hydrogen-bond donors (Lipinski definition) is 0. The summed E-state index contributed by atoms with van der Waals surface area (Å²) in [4.78, 5) is 17.6. The molecule has 0 fully saturated rings. The van der Waals surface area contributed by atoms with Gasteiger partial charge in [-0.05, 0) is 36.6 Å². The Labute approximate surface area is 150 Å². The van der Waals surface area contributed by atoms with E-state index in [1.54, 1.807) is 34.4 Å². The molecule has 0 spiro atoms. The van der Waals surface area contributed by atoms with Crippen molar-refractivity contribution in [2.24, 2.45) is 0 Å². The fourth-order valence-electron chi connectivity index (χ4n) is 2.20. The molecular formula is C16H15BrN2O2S2. The summed E-state index contributed by atoms with van der Waals surface area (Å²) in [5.41, 5.74) is 0.680. The third-order valence-electron chi connectivity index (χ3n) is 3.29. The number of hydrogen-bond acceptors (Lipinski definition) is 5. The van der Waals surface area contributed by atoms with Crippen molar-refractivity contribution in [3.05, 3.63) is 57.2 Å². The van der Waals surface area contributed by atoms with Crippen LogP contribution in [-0.2, 0) is 6.54 Å². The summed E-state index contributed by atoms with van der Waals surface area (Å²) < 4.78 is 7.96. The molecule has 0 amide bonds. The number of thioether (sulfide) groups is 2. The van der Waals surface area contributed by atoms with Crippen LogP contribution >= 0.6 is 39.5 Å². The summed E-state index contributed by atoms with van der Waals surface area (Å²) in [6, 6.07) is 9.29. The Balaban J connectivity index is 2.09. The molecule has 7 heteroatoms. The van der Waals surface area contributed by atoms with E-state index in [9.17, 15) is 4.79 Å². The van der Waals surface area contributed by atoms with Crippen molar-refractivity contribution < 1.29 is 4.42 Å². The first kappa shape index (κ1) is 16.7. The molecule has 2 aromatic heterocycles. The highest BCUT2D eigenvalue weighted by molar-refractivity contribution is 9.10. The van der Waals surface area contributed by atoms with Crippen LogP contribution in [0.15, 0.2) is 55.4 Å². The summed E-state index contributed by atoms with van der Waals surface area (Å²) in [7, 11) is 0. The van der Waals surface area contributed by atoms with Gasteiger partial charge in [0.15, 0.2) is 5.16 Å². The van der Waals surface area contributed by atoms with Crippen LogP contribution in [0.25, 0.3) is 10.9 Å². The van der Waals surface area contributed by atoms with Crippen molar-refractivity contribution >= 4 is 50.4 Å².